The Balaban J connectivity index is 2.41. The summed E-state index contributed by atoms with van der Waals surface area (Å²) in [5, 5.41) is 11.9. The van der Waals surface area contributed by atoms with Crippen molar-refractivity contribution in [2.75, 3.05) is 19.7 Å². The van der Waals surface area contributed by atoms with Crippen LogP contribution in [0.5, 0.6) is 0 Å². The third-order valence-electron chi connectivity index (χ3n) is 3.46. The van der Waals surface area contributed by atoms with Gasteiger partial charge in [0.25, 0.3) is 0 Å². The molecule has 1 aliphatic rings. The highest BCUT2D eigenvalue weighted by Crippen LogP contribution is 2.23. The van der Waals surface area contributed by atoms with Crippen molar-refractivity contribution in [2.24, 2.45) is 5.92 Å². The lowest BCUT2D eigenvalue weighted by atomic mass is 9.86. The van der Waals surface area contributed by atoms with E-state index in [0.29, 0.717) is 25.0 Å². The molecule has 0 heterocycles. The van der Waals surface area contributed by atoms with E-state index < -0.39 is 0 Å². The molecule has 4 nitrogen and oxygen atoms in total. The zero-order valence-electron chi connectivity index (χ0n) is 10.4. The largest absolute Gasteiger partial charge is 0.395 e. The molecule has 1 saturated carbocycles. The predicted octanol–water partition coefficient (Wildman–Crippen LogP) is 1.59. The quantitative estimate of drug-likeness (QED) is 0.767. The number of urea groups is 1. The van der Waals surface area contributed by atoms with Gasteiger partial charge in [-0.05, 0) is 25.7 Å². The smallest absolute Gasteiger partial charge is 0.317 e. The van der Waals surface area contributed by atoms with Gasteiger partial charge in [0, 0.05) is 19.1 Å². The van der Waals surface area contributed by atoms with Crippen LogP contribution >= 0.6 is 0 Å². The van der Waals surface area contributed by atoms with E-state index in [1.807, 2.05) is 6.92 Å². The molecule has 0 radical (unpaired) electrons. The highest BCUT2D eigenvalue weighted by molar-refractivity contribution is 5.74. The van der Waals surface area contributed by atoms with Gasteiger partial charge in [0.05, 0.1) is 6.61 Å². The molecule has 94 valence electrons. The Bertz CT molecular complexity index is 221. The maximum atomic E-state index is 11.9. The molecule has 2 amide bonds. The molecule has 2 unspecified atom stereocenters. The summed E-state index contributed by atoms with van der Waals surface area (Å²) in [4.78, 5) is 13.5. The number of carbonyl (C=O) groups excluding carboxylic acids is 1. The Morgan fingerprint density at radius 3 is 2.69 bits per heavy atom. The predicted molar refractivity (Wildman–Crippen MR) is 64.3 cm³/mol. The lowest BCUT2D eigenvalue weighted by Crippen LogP contribution is -2.48. The summed E-state index contributed by atoms with van der Waals surface area (Å²) in [6.45, 7) is 5.23. The molecule has 2 atom stereocenters. The molecule has 4 heteroatoms. The van der Waals surface area contributed by atoms with Gasteiger partial charge in [-0.3, -0.25) is 0 Å². The van der Waals surface area contributed by atoms with Gasteiger partial charge in [0.15, 0.2) is 0 Å². The molecule has 0 aromatic heterocycles. The van der Waals surface area contributed by atoms with Crippen LogP contribution in [0.3, 0.4) is 0 Å². The number of rotatable bonds is 4. The fraction of sp³-hybridized carbons (Fsp3) is 0.917. The Kier molecular flexibility index (Phi) is 5.60. The summed E-state index contributed by atoms with van der Waals surface area (Å²) in [6, 6.07) is 0.282. The fourth-order valence-electron chi connectivity index (χ4n) is 2.30. The molecule has 0 aliphatic heterocycles. The topological polar surface area (TPSA) is 52.6 Å². The standard InChI is InChI=1S/C12H24N2O2/c1-3-14(8-9-15)12(16)13-11-7-5-4-6-10(11)2/h10-11,15H,3-9H2,1-2H3,(H,13,16). The summed E-state index contributed by atoms with van der Waals surface area (Å²) in [5.41, 5.74) is 0. The van der Waals surface area contributed by atoms with Crippen LogP contribution in [0.4, 0.5) is 4.79 Å². The second-order valence-corrected chi connectivity index (χ2v) is 4.62. The van der Waals surface area contributed by atoms with Gasteiger partial charge < -0.3 is 15.3 Å². The number of aliphatic hydroxyl groups is 1. The molecule has 0 aromatic rings. The van der Waals surface area contributed by atoms with Gasteiger partial charge in [0.1, 0.15) is 0 Å². The van der Waals surface area contributed by atoms with Crippen LogP contribution in [-0.2, 0) is 0 Å². The average molecular weight is 228 g/mol. The molecule has 0 spiro atoms. The van der Waals surface area contributed by atoms with E-state index in [4.69, 9.17) is 5.11 Å². The average Bonchev–Trinajstić information content (AvgIpc) is 2.29. The minimum absolute atomic E-state index is 0.0292. The normalized spacial score (nSPS) is 25.2. The van der Waals surface area contributed by atoms with Crippen LogP contribution in [0.25, 0.3) is 0 Å². The van der Waals surface area contributed by atoms with Crippen molar-refractivity contribution in [3.63, 3.8) is 0 Å². The summed E-state index contributed by atoms with van der Waals surface area (Å²) < 4.78 is 0. The summed E-state index contributed by atoms with van der Waals surface area (Å²) in [5.74, 6) is 0.575. The molecule has 0 aromatic carbocycles. The van der Waals surface area contributed by atoms with E-state index in [0.717, 1.165) is 6.42 Å². The second kappa shape index (κ2) is 6.74. The second-order valence-electron chi connectivity index (χ2n) is 4.62. The first-order valence-electron chi connectivity index (χ1n) is 6.35. The summed E-state index contributed by atoms with van der Waals surface area (Å²) in [7, 11) is 0. The Morgan fingerprint density at radius 2 is 2.12 bits per heavy atom. The van der Waals surface area contributed by atoms with Gasteiger partial charge in [-0.25, -0.2) is 4.79 Å². The molecule has 0 bridgehead atoms. The van der Waals surface area contributed by atoms with Crippen LogP contribution in [0.1, 0.15) is 39.5 Å². The zero-order chi connectivity index (χ0) is 12.0. The van der Waals surface area contributed by atoms with Gasteiger partial charge in [0.2, 0.25) is 0 Å². The van der Waals surface area contributed by atoms with E-state index in [1.165, 1.54) is 19.3 Å². The van der Waals surface area contributed by atoms with Crippen molar-refractivity contribution in [3.05, 3.63) is 0 Å². The van der Waals surface area contributed by atoms with E-state index in [9.17, 15) is 4.79 Å². The molecular formula is C12H24N2O2. The number of carbonyl (C=O) groups is 1. The number of hydrogen-bond donors (Lipinski definition) is 2. The number of amides is 2. The van der Waals surface area contributed by atoms with Crippen LogP contribution in [0, 0.1) is 5.92 Å². The third-order valence-corrected chi connectivity index (χ3v) is 3.46. The van der Waals surface area contributed by atoms with Crippen molar-refractivity contribution in [1.29, 1.82) is 0 Å². The molecular weight excluding hydrogens is 204 g/mol. The minimum atomic E-state index is -0.0321. The lowest BCUT2D eigenvalue weighted by molar-refractivity contribution is 0.168. The van der Waals surface area contributed by atoms with Gasteiger partial charge in [-0.1, -0.05) is 19.8 Å². The fourth-order valence-corrected chi connectivity index (χ4v) is 2.30. The van der Waals surface area contributed by atoms with E-state index in [1.54, 1.807) is 4.90 Å². The molecule has 0 saturated heterocycles. The van der Waals surface area contributed by atoms with Gasteiger partial charge in [-0.15, -0.1) is 0 Å². The van der Waals surface area contributed by atoms with Gasteiger partial charge in [-0.2, -0.15) is 0 Å². The highest BCUT2D eigenvalue weighted by atomic mass is 16.3. The monoisotopic (exact) mass is 228 g/mol. The van der Waals surface area contributed by atoms with Crippen LogP contribution in [0.2, 0.25) is 0 Å². The lowest BCUT2D eigenvalue weighted by Gasteiger charge is -2.31. The first-order chi connectivity index (χ1) is 7.69. The van der Waals surface area contributed by atoms with E-state index in [2.05, 4.69) is 12.2 Å². The molecule has 16 heavy (non-hydrogen) atoms. The number of hydrogen-bond acceptors (Lipinski definition) is 2. The molecule has 2 N–H and O–H groups in total. The van der Waals surface area contributed by atoms with Crippen molar-refractivity contribution < 1.29 is 9.90 Å². The van der Waals surface area contributed by atoms with Crippen molar-refractivity contribution in [1.82, 2.24) is 10.2 Å². The number of nitrogens with zero attached hydrogens (tertiary/aromatic N) is 1. The van der Waals surface area contributed by atoms with Crippen LogP contribution in [0.15, 0.2) is 0 Å². The Morgan fingerprint density at radius 1 is 1.44 bits per heavy atom. The van der Waals surface area contributed by atoms with Crippen LogP contribution < -0.4 is 5.32 Å². The Labute approximate surface area is 98.0 Å². The highest BCUT2D eigenvalue weighted by Gasteiger charge is 2.24. The first-order valence-corrected chi connectivity index (χ1v) is 6.35. The summed E-state index contributed by atoms with van der Waals surface area (Å²) in [6.07, 6.45) is 4.78. The molecule has 1 aliphatic carbocycles. The SMILES string of the molecule is CCN(CCO)C(=O)NC1CCCCC1C. The number of nitrogens with one attached hydrogen (secondary N) is 1. The Hall–Kier alpha value is -0.770. The van der Waals surface area contributed by atoms with Crippen molar-refractivity contribution in [3.8, 4) is 0 Å². The molecule has 1 rings (SSSR count). The van der Waals surface area contributed by atoms with E-state index >= 15 is 0 Å². The summed E-state index contributed by atoms with van der Waals surface area (Å²) >= 11 is 0. The maximum Gasteiger partial charge on any atom is 0.317 e. The van der Waals surface area contributed by atoms with Crippen molar-refractivity contribution >= 4 is 6.03 Å². The van der Waals surface area contributed by atoms with Gasteiger partial charge >= 0.3 is 6.03 Å². The maximum absolute atomic E-state index is 11.9. The number of aliphatic hydroxyl groups excluding tert-OH is 1. The molecule has 1 fully saturated rings. The minimum Gasteiger partial charge on any atom is -0.395 e. The third kappa shape index (κ3) is 3.67. The van der Waals surface area contributed by atoms with E-state index in [-0.39, 0.29) is 12.6 Å². The van der Waals surface area contributed by atoms with Crippen LogP contribution in [-0.4, -0.2) is 41.8 Å². The first kappa shape index (κ1) is 13.3. The van der Waals surface area contributed by atoms with Crippen molar-refractivity contribution in [2.45, 2.75) is 45.6 Å². The zero-order valence-corrected chi connectivity index (χ0v) is 10.4. The number of likely N-dealkylation sites (N-methyl/N-ethyl adjacent to an activating group) is 1.